The van der Waals surface area contributed by atoms with Gasteiger partial charge in [0.05, 0.1) is 0 Å². The van der Waals surface area contributed by atoms with Crippen molar-refractivity contribution in [1.29, 1.82) is 0 Å². The van der Waals surface area contributed by atoms with Gasteiger partial charge >= 0.3 is 108 Å². The van der Waals surface area contributed by atoms with E-state index in [-0.39, 0.29) is 0 Å². The normalized spacial score (nSPS) is 14.8. The van der Waals surface area contributed by atoms with Crippen LogP contribution in [0.15, 0.2) is 48.6 Å². The van der Waals surface area contributed by atoms with E-state index in [4.69, 9.17) is 0 Å². The summed E-state index contributed by atoms with van der Waals surface area (Å²) in [4.78, 5) is 0. The quantitative estimate of drug-likeness (QED) is 0.419. The summed E-state index contributed by atoms with van der Waals surface area (Å²) >= 11 is 0. The van der Waals surface area contributed by atoms with Gasteiger partial charge in [0.2, 0.25) is 0 Å². The van der Waals surface area contributed by atoms with Gasteiger partial charge in [-0.15, -0.1) is 0 Å². The third kappa shape index (κ3) is 7.34. The van der Waals surface area contributed by atoms with Crippen molar-refractivity contribution >= 4 is 7.26 Å². The summed E-state index contributed by atoms with van der Waals surface area (Å²) < 4.78 is 0. The Hall–Kier alpha value is -0.610. The van der Waals surface area contributed by atoms with E-state index in [1.54, 1.807) is 0 Å². The SMILES string of the molecule is C/C=C/C[PH](C/C=C/C)(C/C=C/C)C/C=C/C. The average Bonchev–Trinajstić information content (AvgIpc) is 2.37. The van der Waals surface area contributed by atoms with Crippen molar-refractivity contribution in [2.75, 3.05) is 24.6 Å². The molecule has 0 fully saturated rings. The monoisotopic (exact) mass is 252 g/mol. The zero-order valence-corrected chi connectivity index (χ0v) is 12.9. The van der Waals surface area contributed by atoms with Crippen molar-refractivity contribution in [1.82, 2.24) is 0 Å². The molecule has 0 spiro atoms. The molecule has 1 heteroatoms. The minimum absolute atomic E-state index is 1.23. The van der Waals surface area contributed by atoms with Crippen LogP contribution in [0.5, 0.6) is 0 Å². The Labute approximate surface area is 109 Å². The number of hydrogen-bond acceptors (Lipinski definition) is 0. The van der Waals surface area contributed by atoms with Crippen molar-refractivity contribution in [3.05, 3.63) is 48.6 Å². The van der Waals surface area contributed by atoms with Gasteiger partial charge in [-0.2, -0.15) is 0 Å². The molecule has 0 aliphatic carbocycles. The van der Waals surface area contributed by atoms with Gasteiger partial charge in [-0.1, -0.05) is 0 Å². The first-order chi connectivity index (χ1) is 8.24. The van der Waals surface area contributed by atoms with Gasteiger partial charge in [-0.05, 0) is 0 Å². The first-order valence-electron chi connectivity index (χ1n) is 6.69. The summed E-state index contributed by atoms with van der Waals surface area (Å²) in [6.45, 7) is 8.50. The number of allylic oxidation sites excluding steroid dienone is 8. The fourth-order valence-corrected chi connectivity index (χ4v) is 5.91. The topological polar surface area (TPSA) is 0 Å². The molecule has 0 aromatic heterocycles. The molecule has 0 aromatic rings. The molecule has 0 unspecified atom stereocenters. The standard InChI is InChI=1S/C16H29P/c1-5-9-13-17(14-10-6-2,15-11-7-3)16-12-8-4/h5-12,17H,13-16H2,1-4H3/b9-5+,10-6+,11-7+,12-8+. The second kappa shape index (κ2) is 10.5. The van der Waals surface area contributed by atoms with Crippen LogP contribution in [0.4, 0.5) is 0 Å². The van der Waals surface area contributed by atoms with E-state index in [0.29, 0.717) is 0 Å². The summed E-state index contributed by atoms with van der Waals surface area (Å²) in [6.07, 6.45) is 23.4. The molecule has 0 rings (SSSR count). The van der Waals surface area contributed by atoms with Gasteiger partial charge in [-0.3, -0.25) is 0 Å². The zero-order chi connectivity index (χ0) is 13.0. The second-order valence-corrected chi connectivity index (χ2v) is 9.23. The maximum atomic E-state index is 2.36. The summed E-state index contributed by atoms with van der Waals surface area (Å²) in [5.41, 5.74) is 0. The molecule has 0 nitrogen and oxygen atoms in total. The molecule has 98 valence electrons. The van der Waals surface area contributed by atoms with Crippen LogP contribution >= 0.6 is 7.26 Å². The van der Waals surface area contributed by atoms with Crippen molar-refractivity contribution in [2.24, 2.45) is 0 Å². The Balaban J connectivity index is 4.87. The second-order valence-electron chi connectivity index (χ2n) is 4.59. The predicted octanol–water partition coefficient (Wildman–Crippen LogP) is 5.04. The summed E-state index contributed by atoms with van der Waals surface area (Å²) in [6, 6.07) is 0. The number of hydrogen-bond donors (Lipinski definition) is 0. The van der Waals surface area contributed by atoms with E-state index >= 15 is 0 Å². The van der Waals surface area contributed by atoms with E-state index in [1.807, 2.05) is 0 Å². The third-order valence-corrected chi connectivity index (χ3v) is 7.55. The fourth-order valence-electron chi connectivity index (χ4n) is 1.97. The maximum absolute atomic E-state index is 2.36. The van der Waals surface area contributed by atoms with Crippen LogP contribution in [-0.4, -0.2) is 24.6 Å². The summed E-state index contributed by atoms with van der Waals surface area (Å²) in [5, 5.41) is 0. The molecule has 17 heavy (non-hydrogen) atoms. The first kappa shape index (κ1) is 16.4. The van der Waals surface area contributed by atoms with Crippen LogP contribution in [0.3, 0.4) is 0 Å². The molecule has 0 saturated carbocycles. The summed E-state index contributed by atoms with van der Waals surface area (Å²) in [7, 11) is -1.23. The van der Waals surface area contributed by atoms with Gasteiger partial charge in [0, 0.05) is 0 Å². The van der Waals surface area contributed by atoms with Crippen LogP contribution in [0, 0.1) is 0 Å². The Bertz CT molecular complexity index is 220. The van der Waals surface area contributed by atoms with Crippen LogP contribution in [0.25, 0.3) is 0 Å². The Morgan fingerprint density at radius 2 is 0.765 bits per heavy atom. The number of rotatable bonds is 8. The van der Waals surface area contributed by atoms with Gasteiger partial charge < -0.3 is 0 Å². The Kier molecular flexibility index (Phi) is 10.2. The average molecular weight is 252 g/mol. The minimum atomic E-state index is -1.23. The van der Waals surface area contributed by atoms with E-state index in [1.165, 1.54) is 24.6 Å². The molecule has 0 saturated heterocycles. The van der Waals surface area contributed by atoms with Crippen LogP contribution < -0.4 is 0 Å². The van der Waals surface area contributed by atoms with Crippen molar-refractivity contribution in [2.45, 2.75) is 27.7 Å². The van der Waals surface area contributed by atoms with Crippen molar-refractivity contribution < 1.29 is 0 Å². The summed E-state index contributed by atoms with van der Waals surface area (Å²) in [5.74, 6) is 0. The van der Waals surface area contributed by atoms with E-state index < -0.39 is 7.26 Å². The third-order valence-electron chi connectivity index (χ3n) is 3.15. The molecule has 0 heterocycles. The van der Waals surface area contributed by atoms with Crippen LogP contribution in [-0.2, 0) is 0 Å². The molecule has 0 aromatic carbocycles. The Morgan fingerprint density at radius 3 is 0.941 bits per heavy atom. The molecule has 0 amide bonds. The van der Waals surface area contributed by atoms with Crippen LogP contribution in [0.2, 0.25) is 0 Å². The van der Waals surface area contributed by atoms with Gasteiger partial charge in [0.1, 0.15) is 0 Å². The predicted molar refractivity (Wildman–Crippen MR) is 87.0 cm³/mol. The zero-order valence-electron chi connectivity index (χ0n) is 11.9. The first-order valence-corrected chi connectivity index (χ1v) is 9.52. The molecular weight excluding hydrogens is 223 g/mol. The fraction of sp³-hybridized carbons (Fsp3) is 0.500. The van der Waals surface area contributed by atoms with Gasteiger partial charge in [-0.25, -0.2) is 0 Å². The molecule has 0 atom stereocenters. The molecule has 0 bridgehead atoms. The Morgan fingerprint density at radius 1 is 0.529 bits per heavy atom. The molecular formula is C16H29P. The van der Waals surface area contributed by atoms with E-state index in [2.05, 4.69) is 76.3 Å². The van der Waals surface area contributed by atoms with Gasteiger partial charge in [0.25, 0.3) is 0 Å². The van der Waals surface area contributed by atoms with Crippen molar-refractivity contribution in [3.8, 4) is 0 Å². The van der Waals surface area contributed by atoms with E-state index in [9.17, 15) is 0 Å². The van der Waals surface area contributed by atoms with Gasteiger partial charge in [0.15, 0.2) is 0 Å². The molecule has 0 radical (unpaired) electrons. The molecule has 0 aliphatic rings. The van der Waals surface area contributed by atoms with Crippen LogP contribution in [0.1, 0.15) is 27.7 Å². The van der Waals surface area contributed by atoms with Crippen molar-refractivity contribution in [3.63, 3.8) is 0 Å². The molecule has 0 N–H and O–H groups in total. The van der Waals surface area contributed by atoms with E-state index in [0.717, 1.165) is 0 Å². The molecule has 0 aliphatic heterocycles.